The first-order chi connectivity index (χ1) is 23.8. The van der Waals surface area contributed by atoms with Crippen molar-refractivity contribution in [3.8, 4) is 0 Å². The molecule has 0 amide bonds. The first-order valence-electron chi connectivity index (χ1n) is 15.4. The summed E-state index contributed by atoms with van der Waals surface area (Å²) in [5.74, 6) is -3.18. The molecule has 0 saturated heterocycles. The van der Waals surface area contributed by atoms with E-state index in [1.807, 2.05) is 6.92 Å². The maximum atomic E-state index is 11.6. The van der Waals surface area contributed by atoms with Gasteiger partial charge in [0.15, 0.2) is 0 Å². The molecular weight excluding hydrogens is 729 g/mol. The van der Waals surface area contributed by atoms with Crippen LogP contribution in [0.4, 0.5) is 0 Å². The highest BCUT2D eigenvalue weighted by Gasteiger charge is 2.25. The van der Waals surface area contributed by atoms with Gasteiger partial charge in [-0.1, -0.05) is 61.5 Å². The van der Waals surface area contributed by atoms with Crippen molar-refractivity contribution in [2.24, 2.45) is 5.41 Å². The lowest BCUT2D eigenvalue weighted by molar-refractivity contribution is -0.137. The zero-order valence-corrected chi connectivity index (χ0v) is 30.7. The molecule has 3 aromatic rings. The van der Waals surface area contributed by atoms with Crippen LogP contribution in [0.5, 0.6) is 0 Å². The van der Waals surface area contributed by atoms with E-state index in [0.717, 1.165) is 0 Å². The van der Waals surface area contributed by atoms with Gasteiger partial charge < -0.3 is 45.3 Å². The molecule has 0 aromatic heterocycles. The first kappa shape index (κ1) is 47.5. The van der Waals surface area contributed by atoms with Gasteiger partial charge in [0.05, 0.1) is 39.1 Å². The van der Waals surface area contributed by atoms with E-state index in [1.54, 1.807) is 54.6 Å². The van der Waals surface area contributed by atoms with Crippen molar-refractivity contribution in [1.29, 1.82) is 0 Å². The number of aliphatic carboxylic acids is 3. The van der Waals surface area contributed by atoms with Crippen molar-refractivity contribution in [2.45, 2.75) is 32.6 Å². The van der Waals surface area contributed by atoms with Gasteiger partial charge >= 0.3 is 17.9 Å². The van der Waals surface area contributed by atoms with E-state index in [4.69, 9.17) is 30.6 Å². The van der Waals surface area contributed by atoms with Crippen molar-refractivity contribution < 1.29 is 73.4 Å². The summed E-state index contributed by atoms with van der Waals surface area (Å²) in [6.07, 6.45) is -0.921. The summed E-state index contributed by atoms with van der Waals surface area (Å²) >= 11 is 0. The van der Waals surface area contributed by atoms with E-state index in [9.17, 15) is 42.8 Å². The minimum Gasteiger partial charge on any atom is -0.481 e. The fraction of sp³-hybridized carbons (Fsp3) is 0.364. The lowest BCUT2D eigenvalue weighted by Crippen LogP contribution is -2.32. The highest BCUT2D eigenvalue weighted by molar-refractivity contribution is 7.66. The van der Waals surface area contributed by atoms with E-state index in [1.165, 1.54) is 36.4 Å². The molecule has 9 N–H and O–H groups in total. The van der Waals surface area contributed by atoms with Crippen LogP contribution in [0.15, 0.2) is 91.0 Å². The molecule has 0 fully saturated rings. The molecule has 0 aliphatic carbocycles. The molecule has 3 atom stereocenters. The van der Waals surface area contributed by atoms with Gasteiger partial charge in [-0.3, -0.25) is 28.1 Å². The van der Waals surface area contributed by atoms with Crippen molar-refractivity contribution in [3.05, 3.63) is 91.0 Å². The molecule has 0 saturated carbocycles. The van der Waals surface area contributed by atoms with Gasteiger partial charge in [0.25, 0.3) is 0 Å². The summed E-state index contributed by atoms with van der Waals surface area (Å²) in [5, 5.41) is 52.1. The van der Waals surface area contributed by atoms with Gasteiger partial charge in [0, 0.05) is 39.8 Å². The number of aliphatic hydroxyl groups excluding tert-OH is 3. The molecule has 0 bridgehead atoms. The summed E-state index contributed by atoms with van der Waals surface area (Å²) in [4.78, 5) is 59.3. The van der Waals surface area contributed by atoms with Crippen LogP contribution in [-0.4, -0.2) is 102 Å². The van der Waals surface area contributed by atoms with E-state index in [2.05, 4.69) is 0 Å². The van der Waals surface area contributed by atoms with Gasteiger partial charge in [-0.15, -0.1) is 0 Å². The highest BCUT2D eigenvalue weighted by atomic mass is 31.2. The number of benzene rings is 3. The highest BCUT2D eigenvalue weighted by Crippen LogP contribution is 2.41. The Hall–Kier alpha value is -3.48. The fourth-order valence-corrected chi connectivity index (χ4v) is 7.77. The number of rotatable bonds is 16. The Morgan fingerprint density at radius 2 is 0.706 bits per heavy atom. The molecule has 3 aromatic carbocycles. The zero-order valence-electron chi connectivity index (χ0n) is 28.0. The molecule has 0 aliphatic rings. The topological polar surface area (TPSA) is 284 Å². The third kappa shape index (κ3) is 19.6. The SMILES string of the molecule is CCC(CO)(CO)CO.O=C(O)CCP(=O)(O)c1ccccc1.O=C(O)CCP(=O)(O)c1ccccc1.O=C(O)CCP(=O)(O)c1ccccc1. The number of carbonyl (C=O) groups is 3. The van der Waals surface area contributed by atoms with Gasteiger partial charge in [-0.05, 0) is 42.8 Å². The average molecular weight is 777 g/mol. The molecule has 15 nitrogen and oxygen atoms in total. The van der Waals surface area contributed by atoms with Crippen LogP contribution in [0.3, 0.4) is 0 Å². The molecule has 0 aliphatic heterocycles. The van der Waals surface area contributed by atoms with E-state index < -0.39 is 45.4 Å². The number of aliphatic hydroxyl groups is 3. The second-order valence-corrected chi connectivity index (χ2v) is 18.1. The predicted octanol–water partition coefficient (Wildman–Crippen LogP) is 2.53. The Morgan fingerprint density at radius 1 is 0.490 bits per heavy atom. The number of carboxylic acid groups (broad SMARTS) is 3. The van der Waals surface area contributed by atoms with E-state index >= 15 is 0 Å². The van der Waals surface area contributed by atoms with Crippen LogP contribution >= 0.6 is 22.1 Å². The molecule has 3 rings (SSSR count). The summed E-state index contributed by atoms with van der Waals surface area (Å²) in [7, 11) is -10.4. The first-order valence-corrected chi connectivity index (χ1v) is 20.9. The van der Waals surface area contributed by atoms with Crippen molar-refractivity contribution >= 4 is 55.9 Å². The summed E-state index contributed by atoms with van der Waals surface area (Å²) in [5.41, 5.74) is -0.667. The van der Waals surface area contributed by atoms with Crippen LogP contribution in [0.2, 0.25) is 0 Å². The zero-order chi connectivity index (χ0) is 39.1. The van der Waals surface area contributed by atoms with Gasteiger partial charge in [0.1, 0.15) is 0 Å². The van der Waals surface area contributed by atoms with Crippen LogP contribution < -0.4 is 15.9 Å². The molecule has 0 heterocycles. The lowest BCUT2D eigenvalue weighted by atomic mass is 9.88. The molecule has 51 heavy (non-hydrogen) atoms. The van der Waals surface area contributed by atoms with Crippen molar-refractivity contribution in [3.63, 3.8) is 0 Å². The Labute approximate surface area is 296 Å². The smallest absolute Gasteiger partial charge is 0.303 e. The Morgan fingerprint density at radius 3 is 0.843 bits per heavy atom. The quantitative estimate of drug-likeness (QED) is 0.0945. The Balaban J connectivity index is 0.000000663. The Bertz CT molecular complexity index is 1410. The van der Waals surface area contributed by atoms with Crippen molar-refractivity contribution in [2.75, 3.05) is 38.3 Å². The molecule has 3 unspecified atom stereocenters. The average Bonchev–Trinajstić information content (AvgIpc) is 3.12. The third-order valence-corrected chi connectivity index (χ3v) is 12.9. The number of carboxylic acids is 3. The number of hydrogen-bond acceptors (Lipinski definition) is 9. The molecular formula is C33H47O15P3. The summed E-state index contributed by atoms with van der Waals surface area (Å²) < 4.78 is 34.8. The van der Waals surface area contributed by atoms with Crippen LogP contribution in [0.25, 0.3) is 0 Å². The molecule has 0 radical (unpaired) electrons. The summed E-state index contributed by atoms with van der Waals surface area (Å²) in [6, 6.07) is 24.3. The maximum Gasteiger partial charge on any atom is 0.303 e. The van der Waals surface area contributed by atoms with Crippen molar-refractivity contribution in [1.82, 2.24) is 0 Å². The van der Waals surface area contributed by atoms with Crippen LogP contribution in [0, 0.1) is 5.41 Å². The minimum absolute atomic E-state index is 0.156. The lowest BCUT2D eigenvalue weighted by Gasteiger charge is -2.24. The van der Waals surface area contributed by atoms with E-state index in [-0.39, 0.29) is 57.6 Å². The monoisotopic (exact) mass is 776 g/mol. The summed E-state index contributed by atoms with van der Waals surface area (Å²) in [6.45, 7) is 1.35. The third-order valence-electron chi connectivity index (χ3n) is 7.12. The van der Waals surface area contributed by atoms with Gasteiger partial charge in [0.2, 0.25) is 22.1 Å². The second-order valence-electron chi connectivity index (χ2n) is 11.0. The maximum absolute atomic E-state index is 11.6. The van der Waals surface area contributed by atoms with Crippen LogP contribution in [0.1, 0.15) is 32.6 Å². The van der Waals surface area contributed by atoms with Crippen LogP contribution in [-0.2, 0) is 28.1 Å². The number of hydrogen-bond donors (Lipinski definition) is 9. The Kier molecular flexibility index (Phi) is 22.3. The van der Waals surface area contributed by atoms with Gasteiger partial charge in [-0.25, -0.2) is 0 Å². The minimum atomic E-state index is -3.48. The predicted molar refractivity (Wildman–Crippen MR) is 193 cm³/mol. The standard InChI is InChI=1S/3C9H11O4P.C6H14O3/c3*10-9(11)6-7-14(12,13)8-4-2-1-3-5-8;1-2-6(3-7,4-8)5-9/h3*1-5H,6-7H2,(H,10,11)(H,12,13);7-9H,2-5H2,1H3. The fourth-order valence-electron chi connectivity index (χ4n) is 3.60. The molecule has 284 valence electrons. The second kappa shape index (κ2) is 23.9. The molecule has 0 spiro atoms. The molecule has 18 heteroatoms. The van der Waals surface area contributed by atoms with Gasteiger partial charge in [-0.2, -0.15) is 0 Å². The largest absolute Gasteiger partial charge is 0.481 e. The normalized spacial score (nSPS) is 14.2. The van der Waals surface area contributed by atoms with E-state index in [0.29, 0.717) is 22.3 Å².